The maximum Gasteiger partial charge on any atom is 0.0422 e. The molecule has 1 aromatic carbocycles. The van der Waals surface area contributed by atoms with Crippen LogP contribution in [0.5, 0.6) is 0 Å². The van der Waals surface area contributed by atoms with Crippen molar-refractivity contribution < 1.29 is 0 Å². The van der Waals surface area contributed by atoms with Gasteiger partial charge >= 0.3 is 0 Å². The molecule has 2 rings (SSSR count). The number of thiophene rings is 1. The maximum absolute atomic E-state index is 5.66. The van der Waals surface area contributed by atoms with Crippen LogP contribution in [-0.2, 0) is 0 Å². The predicted molar refractivity (Wildman–Crippen MR) is 53.0 cm³/mol. The first-order valence-electron chi connectivity index (χ1n) is 3.67. The molecule has 0 fully saturated rings. The Morgan fingerprint density at radius 1 is 1.33 bits per heavy atom. The maximum atomic E-state index is 5.66. The van der Waals surface area contributed by atoms with E-state index in [1.165, 1.54) is 0 Å². The molecule has 1 radical (unpaired) electrons. The molecule has 59 valence electrons. The molecule has 1 heterocycles. The van der Waals surface area contributed by atoms with Crippen molar-refractivity contribution in [2.75, 3.05) is 5.73 Å². The molecule has 0 aliphatic carbocycles. The van der Waals surface area contributed by atoms with Crippen LogP contribution in [-0.4, -0.2) is 0 Å². The molecular formula is C10H8NS. The molecule has 0 saturated heterocycles. The van der Waals surface area contributed by atoms with Crippen molar-refractivity contribution in [2.45, 2.75) is 0 Å². The Hall–Kier alpha value is -1.28. The van der Waals surface area contributed by atoms with Crippen LogP contribution in [0.2, 0.25) is 0 Å². The van der Waals surface area contributed by atoms with E-state index in [9.17, 15) is 0 Å². The summed E-state index contributed by atoms with van der Waals surface area (Å²) in [5.41, 5.74) is 7.60. The van der Waals surface area contributed by atoms with Crippen molar-refractivity contribution in [3.63, 3.8) is 0 Å². The third-order valence-electron chi connectivity index (χ3n) is 1.62. The van der Waals surface area contributed by atoms with Gasteiger partial charge in [-0.05, 0) is 29.1 Å². The van der Waals surface area contributed by atoms with E-state index in [0.717, 1.165) is 16.1 Å². The van der Waals surface area contributed by atoms with Gasteiger partial charge in [0, 0.05) is 16.6 Å². The Balaban J connectivity index is 2.48. The Kier molecular flexibility index (Phi) is 1.84. The molecular weight excluding hydrogens is 166 g/mol. The summed E-state index contributed by atoms with van der Waals surface area (Å²) in [6.07, 6.45) is 0. The SMILES string of the molecule is Nc1cccc(-c2[c]ccs2)c1. The van der Waals surface area contributed by atoms with E-state index in [2.05, 4.69) is 6.07 Å². The standard InChI is InChI=1S/C10H8NS/c11-9-4-1-3-8(7-9)10-5-2-6-12-10/h1-4,6-7H,11H2. The first kappa shape index (κ1) is 7.37. The molecule has 1 nitrogen and oxygen atoms in total. The van der Waals surface area contributed by atoms with Crippen LogP contribution >= 0.6 is 11.3 Å². The highest BCUT2D eigenvalue weighted by atomic mass is 32.1. The minimum absolute atomic E-state index is 0.800. The second-order valence-electron chi connectivity index (χ2n) is 2.52. The van der Waals surface area contributed by atoms with Gasteiger partial charge in [-0.25, -0.2) is 0 Å². The van der Waals surface area contributed by atoms with Gasteiger partial charge < -0.3 is 5.73 Å². The lowest BCUT2D eigenvalue weighted by Gasteiger charge is -1.97. The Bertz CT molecular complexity index is 365. The molecule has 0 aliphatic heterocycles. The molecule has 2 aromatic rings. The fraction of sp³-hybridized carbons (Fsp3) is 0. The van der Waals surface area contributed by atoms with Crippen molar-refractivity contribution in [1.82, 2.24) is 0 Å². The number of nitrogens with two attached hydrogens (primary N) is 1. The van der Waals surface area contributed by atoms with Gasteiger partial charge in [-0.3, -0.25) is 0 Å². The Morgan fingerprint density at radius 3 is 2.92 bits per heavy atom. The molecule has 0 bridgehead atoms. The summed E-state index contributed by atoms with van der Waals surface area (Å²) in [5, 5.41) is 2.01. The number of benzene rings is 1. The van der Waals surface area contributed by atoms with Gasteiger partial charge in [-0.2, -0.15) is 0 Å². The molecule has 0 amide bonds. The molecule has 0 atom stereocenters. The fourth-order valence-corrected chi connectivity index (χ4v) is 1.75. The van der Waals surface area contributed by atoms with Crippen molar-refractivity contribution in [3.05, 3.63) is 41.8 Å². The smallest absolute Gasteiger partial charge is 0.0422 e. The van der Waals surface area contributed by atoms with Crippen LogP contribution in [0.1, 0.15) is 0 Å². The zero-order valence-electron chi connectivity index (χ0n) is 6.45. The van der Waals surface area contributed by atoms with Crippen LogP contribution in [0.25, 0.3) is 10.4 Å². The zero-order valence-corrected chi connectivity index (χ0v) is 7.27. The van der Waals surface area contributed by atoms with Gasteiger partial charge in [0.25, 0.3) is 0 Å². The fourth-order valence-electron chi connectivity index (χ4n) is 1.08. The molecule has 0 saturated carbocycles. The van der Waals surface area contributed by atoms with E-state index in [-0.39, 0.29) is 0 Å². The summed E-state index contributed by atoms with van der Waals surface area (Å²) in [5.74, 6) is 0. The van der Waals surface area contributed by atoms with Gasteiger partial charge in [0.2, 0.25) is 0 Å². The Labute approximate surface area is 75.5 Å². The molecule has 2 heteroatoms. The third-order valence-corrected chi connectivity index (χ3v) is 2.48. The van der Waals surface area contributed by atoms with E-state index in [1.807, 2.05) is 35.7 Å². The second kappa shape index (κ2) is 2.99. The minimum Gasteiger partial charge on any atom is -0.399 e. The van der Waals surface area contributed by atoms with E-state index in [4.69, 9.17) is 5.73 Å². The largest absolute Gasteiger partial charge is 0.399 e. The van der Waals surface area contributed by atoms with Gasteiger partial charge in [0.1, 0.15) is 0 Å². The summed E-state index contributed by atoms with van der Waals surface area (Å²) < 4.78 is 0. The van der Waals surface area contributed by atoms with Crippen molar-refractivity contribution in [1.29, 1.82) is 0 Å². The second-order valence-corrected chi connectivity index (χ2v) is 3.44. The van der Waals surface area contributed by atoms with Crippen LogP contribution in [0.3, 0.4) is 0 Å². The predicted octanol–water partition coefficient (Wildman–Crippen LogP) is 2.80. The summed E-state index contributed by atoms with van der Waals surface area (Å²) >= 11 is 1.67. The summed E-state index contributed by atoms with van der Waals surface area (Å²) in [7, 11) is 0. The minimum atomic E-state index is 0.800. The third kappa shape index (κ3) is 1.34. The topological polar surface area (TPSA) is 26.0 Å². The first-order valence-corrected chi connectivity index (χ1v) is 4.55. The van der Waals surface area contributed by atoms with E-state index in [1.54, 1.807) is 11.3 Å². The molecule has 0 unspecified atom stereocenters. The van der Waals surface area contributed by atoms with Gasteiger partial charge in [0.05, 0.1) is 0 Å². The number of hydrogen-bond donors (Lipinski definition) is 1. The zero-order chi connectivity index (χ0) is 8.39. The van der Waals surface area contributed by atoms with Gasteiger partial charge in [-0.1, -0.05) is 12.1 Å². The van der Waals surface area contributed by atoms with Crippen molar-refractivity contribution in [3.8, 4) is 10.4 Å². The average Bonchev–Trinajstić information content (AvgIpc) is 2.56. The average molecular weight is 174 g/mol. The summed E-state index contributed by atoms with van der Waals surface area (Å²) in [4.78, 5) is 1.14. The lowest BCUT2D eigenvalue weighted by molar-refractivity contribution is 1.67. The number of hydrogen-bond acceptors (Lipinski definition) is 2. The molecule has 2 N–H and O–H groups in total. The van der Waals surface area contributed by atoms with Gasteiger partial charge in [-0.15, -0.1) is 11.3 Å². The van der Waals surface area contributed by atoms with Gasteiger partial charge in [0.15, 0.2) is 0 Å². The van der Waals surface area contributed by atoms with E-state index >= 15 is 0 Å². The lowest BCUT2D eigenvalue weighted by Crippen LogP contribution is -1.83. The highest BCUT2D eigenvalue weighted by molar-refractivity contribution is 7.13. The summed E-state index contributed by atoms with van der Waals surface area (Å²) in [6, 6.07) is 12.9. The monoisotopic (exact) mass is 174 g/mol. The van der Waals surface area contributed by atoms with Crippen LogP contribution in [0, 0.1) is 6.07 Å². The van der Waals surface area contributed by atoms with Crippen LogP contribution in [0.4, 0.5) is 5.69 Å². The van der Waals surface area contributed by atoms with Crippen LogP contribution in [0.15, 0.2) is 35.7 Å². The molecule has 0 spiro atoms. The van der Waals surface area contributed by atoms with E-state index in [0.29, 0.717) is 0 Å². The summed E-state index contributed by atoms with van der Waals surface area (Å²) in [6.45, 7) is 0. The molecule has 0 aliphatic rings. The first-order chi connectivity index (χ1) is 5.86. The molecule has 1 aromatic heterocycles. The lowest BCUT2D eigenvalue weighted by atomic mass is 10.2. The quantitative estimate of drug-likeness (QED) is 0.661. The number of anilines is 1. The number of rotatable bonds is 1. The van der Waals surface area contributed by atoms with Crippen LogP contribution < -0.4 is 5.73 Å². The molecule has 12 heavy (non-hydrogen) atoms. The van der Waals surface area contributed by atoms with Crippen molar-refractivity contribution in [2.24, 2.45) is 0 Å². The van der Waals surface area contributed by atoms with Crippen molar-refractivity contribution >= 4 is 17.0 Å². The normalized spacial score (nSPS) is 10.0. The van der Waals surface area contributed by atoms with E-state index < -0.39 is 0 Å². The highest BCUT2D eigenvalue weighted by Gasteiger charge is 1.97. The number of nitrogen functional groups attached to an aromatic ring is 1. The highest BCUT2D eigenvalue weighted by Crippen LogP contribution is 2.24. The Morgan fingerprint density at radius 2 is 2.25 bits per heavy atom.